The Labute approximate surface area is 307 Å². The van der Waals surface area contributed by atoms with Crippen LogP contribution < -0.4 is 4.74 Å². The second-order valence-electron chi connectivity index (χ2n) is 15.9. The third-order valence-corrected chi connectivity index (χ3v) is 14.7. The minimum Gasteiger partial charge on any atom is -0.493 e. The SMILES string of the molecule is C=NCc1oc(-c2ccccc2)nc1CCOc1cccc(C[C@H]2CN(Cc3ccccc3)C[C@H]2C(=O)N2[C@@H]3CC4CC[C@]3(CS2(=O)=O)C4(C)C)c1. The first-order valence-corrected chi connectivity index (χ1v) is 20.2. The van der Waals surface area contributed by atoms with E-state index in [-0.39, 0.29) is 34.4 Å². The van der Waals surface area contributed by atoms with Gasteiger partial charge in [-0.25, -0.2) is 17.7 Å². The lowest BCUT2D eigenvalue weighted by atomic mass is 9.69. The van der Waals surface area contributed by atoms with Crippen LogP contribution in [0.15, 0.2) is 94.3 Å². The van der Waals surface area contributed by atoms with Crippen LogP contribution in [-0.4, -0.2) is 66.7 Å². The molecule has 1 aromatic heterocycles. The van der Waals surface area contributed by atoms with Crippen molar-refractivity contribution >= 4 is 22.6 Å². The van der Waals surface area contributed by atoms with Crippen molar-refractivity contribution in [3.05, 3.63) is 108 Å². The van der Waals surface area contributed by atoms with E-state index in [0.717, 1.165) is 48.4 Å². The van der Waals surface area contributed by atoms with Crippen LogP contribution in [0, 0.1) is 28.6 Å². The van der Waals surface area contributed by atoms with Crippen LogP contribution in [-0.2, 0) is 40.7 Å². The highest BCUT2D eigenvalue weighted by Crippen LogP contribution is 2.70. The predicted molar refractivity (Wildman–Crippen MR) is 201 cm³/mol. The summed E-state index contributed by atoms with van der Waals surface area (Å²) in [7, 11) is -3.71. The summed E-state index contributed by atoms with van der Waals surface area (Å²) in [6, 6.07) is 27.9. The number of oxazole rings is 1. The Kier molecular flexibility index (Phi) is 9.10. The Morgan fingerprint density at radius 3 is 2.52 bits per heavy atom. The van der Waals surface area contributed by atoms with E-state index < -0.39 is 15.9 Å². The zero-order valence-electron chi connectivity index (χ0n) is 30.1. The molecule has 2 aliphatic heterocycles. The number of sulfonamides is 1. The van der Waals surface area contributed by atoms with E-state index in [4.69, 9.17) is 14.1 Å². The second kappa shape index (κ2) is 13.6. The minimum absolute atomic E-state index is 0.0367. The first kappa shape index (κ1) is 34.8. The van der Waals surface area contributed by atoms with Gasteiger partial charge < -0.3 is 9.15 Å². The summed E-state index contributed by atoms with van der Waals surface area (Å²) < 4.78 is 41.5. The number of carbonyl (C=O) groups excluding carboxylic acids is 1. The van der Waals surface area contributed by atoms with Crippen molar-refractivity contribution in [1.82, 2.24) is 14.2 Å². The van der Waals surface area contributed by atoms with E-state index in [1.54, 1.807) is 0 Å². The van der Waals surface area contributed by atoms with Gasteiger partial charge in [-0.3, -0.25) is 14.7 Å². The molecule has 2 saturated carbocycles. The molecule has 1 spiro atoms. The number of carbonyl (C=O) groups is 1. The standard InChI is InChI=1S/C42H48N4O5S/c1-41(2)33-17-19-42(41)28-52(48,49)46(38(42)23-33)40(47)35-27-45(25-29-11-6-4-7-12-29)26-32(35)21-30-13-10-16-34(22-30)50-20-18-36-37(24-43-3)51-39(44-36)31-14-8-5-9-15-31/h4-16,22,32-33,35,38H,3,17-21,23-28H2,1-2H3/t32-,33?,35+,38+,42+/m0/s1. The molecule has 1 amide bonds. The summed E-state index contributed by atoms with van der Waals surface area (Å²) in [5, 5.41) is 0. The van der Waals surface area contributed by atoms with Gasteiger partial charge >= 0.3 is 0 Å². The number of ether oxygens (including phenoxy) is 1. The molecule has 5 atom stereocenters. The minimum atomic E-state index is -3.71. The molecule has 1 unspecified atom stereocenters. The zero-order valence-corrected chi connectivity index (χ0v) is 30.9. The number of amides is 1. The maximum atomic E-state index is 14.7. The first-order chi connectivity index (χ1) is 25.1. The summed E-state index contributed by atoms with van der Waals surface area (Å²) in [4.78, 5) is 25.8. The van der Waals surface area contributed by atoms with E-state index in [2.05, 4.69) is 48.7 Å². The maximum Gasteiger partial charge on any atom is 0.241 e. The number of aromatic nitrogens is 1. The molecule has 3 aromatic carbocycles. The maximum absolute atomic E-state index is 14.7. The van der Waals surface area contributed by atoms with Gasteiger partial charge in [0.25, 0.3) is 0 Å². The highest BCUT2D eigenvalue weighted by Gasteiger charge is 2.72. The number of benzene rings is 3. The third-order valence-electron chi connectivity index (χ3n) is 12.8. The summed E-state index contributed by atoms with van der Waals surface area (Å²) in [5.74, 6) is 1.88. The van der Waals surface area contributed by atoms with Crippen LogP contribution in [0.3, 0.4) is 0 Å². The lowest BCUT2D eigenvalue weighted by Gasteiger charge is -2.37. The fourth-order valence-corrected chi connectivity index (χ4v) is 12.6. The highest BCUT2D eigenvalue weighted by atomic mass is 32.2. The third kappa shape index (κ3) is 6.17. The molecule has 2 saturated heterocycles. The normalized spacial score (nSPS) is 27.2. The van der Waals surface area contributed by atoms with Crippen molar-refractivity contribution in [2.24, 2.45) is 33.6 Å². The average Bonchev–Trinajstić information content (AvgIpc) is 3.88. The molecule has 4 aromatic rings. The van der Waals surface area contributed by atoms with Gasteiger partial charge in [0.1, 0.15) is 11.5 Å². The van der Waals surface area contributed by atoms with Gasteiger partial charge in [0.05, 0.1) is 36.6 Å². The number of rotatable bonds is 12. The molecule has 4 fully saturated rings. The number of fused-ring (bicyclic) bond motifs is 1. The van der Waals surface area contributed by atoms with Crippen LogP contribution in [0.2, 0.25) is 0 Å². The lowest BCUT2D eigenvalue weighted by molar-refractivity contribution is -0.134. The topological polar surface area (TPSA) is 105 Å². The van der Waals surface area contributed by atoms with Crippen molar-refractivity contribution in [2.75, 3.05) is 25.4 Å². The van der Waals surface area contributed by atoms with Crippen molar-refractivity contribution in [3.63, 3.8) is 0 Å². The number of hydrogen-bond acceptors (Lipinski definition) is 8. The summed E-state index contributed by atoms with van der Waals surface area (Å²) in [6.45, 7) is 10.8. The van der Waals surface area contributed by atoms with Crippen LogP contribution in [0.1, 0.15) is 55.7 Å². The largest absolute Gasteiger partial charge is 0.493 e. The van der Waals surface area contributed by atoms with Crippen LogP contribution in [0.25, 0.3) is 11.5 Å². The van der Waals surface area contributed by atoms with E-state index in [1.165, 1.54) is 9.87 Å². The Balaban J connectivity index is 0.990. The second-order valence-corrected chi connectivity index (χ2v) is 17.7. The molecule has 2 bridgehead atoms. The molecule has 272 valence electrons. The van der Waals surface area contributed by atoms with Crippen LogP contribution in [0.4, 0.5) is 0 Å². The van der Waals surface area contributed by atoms with Gasteiger partial charge in [-0.15, -0.1) is 0 Å². The van der Waals surface area contributed by atoms with Gasteiger partial charge in [-0.1, -0.05) is 74.5 Å². The lowest BCUT2D eigenvalue weighted by Crippen LogP contribution is -2.47. The van der Waals surface area contributed by atoms with Crippen LogP contribution >= 0.6 is 0 Å². The molecule has 4 aliphatic rings. The van der Waals surface area contributed by atoms with Gasteiger partial charge in [0.2, 0.25) is 21.8 Å². The fraction of sp³-hybridized carbons (Fsp3) is 0.452. The van der Waals surface area contributed by atoms with Gasteiger partial charge in [0.15, 0.2) is 0 Å². The molecule has 3 heterocycles. The van der Waals surface area contributed by atoms with Crippen molar-refractivity contribution in [1.29, 1.82) is 0 Å². The Morgan fingerprint density at radius 1 is 1.02 bits per heavy atom. The monoisotopic (exact) mass is 720 g/mol. The zero-order chi connectivity index (χ0) is 36.1. The summed E-state index contributed by atoms with van der Waals surface area (Å²) in [6.07, 6.45) is 3.92. The fourth-order valence-electron chi connectivity index (χ4n) is 10.00. The molecule has 8 rings (SSSR count). The molecule has 0 N–H and O–H groups in total. The van der Waals surface area contributed by atoms with E-state index in [0.29, 0.717) is 56.7 Å². The first-order valence-electron chi connectivity index (χ1n) is 18.6. The van der Waals surface area contributed by atoms with Crippen molar-refractivity contribution in [2.45, 2.75) is 65.1 Å². The Hall–Kier alpha value is -4.28. The number of nitrogens with zero attached hydrogens (tertiary/aromatic N) is 4. The quantitative estimate of drug-likeness (QED) is 0.148. The van der Waals surface area contributed by atoms with Gasteiger partial charge in [-0.2, -0.15) is 0 Å². The average molecular weight is 721 g/mol. The number of likely N-dealkylation sites (tertiary alicyclic amines) is 1. The molecule has 10 heteroatoms. The predicted octanol–water partition coefficient (Wildman–Crippen LogP) is 6.82. The molecular formula is C42H48N4O5S. The molecule has 0 radical (unpaired) electrons. The van der Waals surface area contributed by atoms with Gasteiger partial charge in [0, 0.05) is 37.0 Å². The van der Waals surface area contributed by atoms with E-state index >= 15 is 0 Å². The highest BCUT2D eigenvalue weighted by molar-refractivity contribution is 7.90. The molecular weight excluding hydrogens is 673 g/mol. The molecule has 2 aliphatic carbocycles. The molecule has 52 heavy (non-hydrogen) atoms. The number of aliphatic imine (C=N–C) groups is 1. The summed E-state index contributed by atoms with van der Waals surface area (Å²) >= 11 is 0. The van der Waals surface area contributed by atoms with Crippen molar-refractivity contribution < 1.29 is 22.4 Å². The number of hydrogen-bond donors (Lipinski definition) is 0. The van der Waals surface area contributed by atoms with Crippen molar-refractivity contribution in [3.8, 4) is 17.2 Å². The van der Waals surface area contributed by atoms with Gasteiger partial charge in [-0.05, 0) is 85.0 Å². The molecule has 9 nitrogen and oxygen atoms in total. The van der Waals surface area contributed by atoms with E-state index in [1.807, 2.05) is 66.7 Å². The van der Waals surface area contributed by atoms with E-state index in [9.17, 15) is 13.2 Å². The summed E-state index contributed by atoms with van der Waals surface area (Å²) in [5.41, 5.74) is 3.52. The Bertz CT molecular complexity index is 2050. The van der Waals surface area contributed by atoms with Crippen LogP contribution in [0.5, 0.6) is 5.75 Å². The Morgan fingerprint density at radius 2 is 1.77 bits per heavy atom. The smallest absolute Gasteiger partial charge is 0.241 e.